The number of aromatic nitrogens is 2. The second kappa shape index (κ2) is 19.2. The van der Waals surface area contributed by atoms with Gasteiger partial charge >= 0.3 is 0 Å². The molecule has 4 nitrogen and oxygen atoms in total. The van der Waals surface area contributed by atoms with Gasteiger partial charge in [0.05, 0.1) is 12.1 Å². The summed E-state index contributed by atoms with van der Waals surface area (Å²) in [6.45, 7) is 0. The summed E-state index contributed by atoms with van der Waals surface area (Å²) in [6, 6.07) is 104. The summed E-state index contributed by atoms with van der Waals surface area (Å²) in [4.78, 5) is 4.89. The summed E-state index contributed by atoms with van der Waals surface area (Å²) in [5.74, 6) is 0. The van der Waals surface area contributed by atoms with Crippen molar-refractivity contribution in [2.45, 2.75) is 37.8 Å². The summed E-state index contributed by atoms with van der Waals surface area (Å²) >= 11 is 0. The van der Waals surface area contributed by atoms with Crippen molar-refractivity contribution in [2.75, 3.05) is 9.80 Å². The van der Waals surface area contributed by atoms with Crippen LogP contribution in [0.2, 0.25) is 0 Å². The van der Waals surface area contributed by atoms with Crippen molar-refractivity contribution in [3.63, 3.8) is 0 Å². The number of anilines is 6. The molecule has 0 spiro atoms. The Labute approximate surface area is 454 Å². The third kappa shape index (κ3) is 7.74. The highest BCUT2D eigenvalue weighted by atomic mass is 15.2. The smallest absolute Gasteiger partial charge is 0.0550 e. The average Bonchev–Trinajstić information content (AvgIpc) is 4.21. The van der Waals surface area contributed by atoms with E-state index in [1.54, 1.807) is 0 Å². The monoisotopic (exact) mass is 1000 g/mol. The Morgan fingerprint density at radius 2 is 0.603 bits per heavy atom. The molecule has 0 bridgehead atoms. The standard InChI is InChI=1S/C74H56N4/c1-5-23-51(24-6-1)65-49-59(45-53-27-13-15-33-61(53)65)75(55-29-9-3-10-30-55)57-41-43-71-67(47-57)63-35-17-19-37-69(63)77(71)73-39-21-22-40-74(73)78-70-38-20-18-36-64(70)68-48-58(42-44-72(68)78)76(56-31-11-4-12-32-56)60-46-54-28-14-16-34-62(54)66(50-60)52-25-7-2-8-26-52/h1-20,23-38,41-50,73-74H,21-22,39-40H2. The van der Waals surface area contributed by atoms with E-state index in [2.05, 4.69) is 298 Å². The maximum absolute atomic E-state index is 2.73. The molecule has 2 heterocycles. The first-order valence-electron chi connectivity index (χ1n) is 27.6. The van der Waals surface area contributed by atoms with E-state index in [4.69, 9.17) is 0 Å². The van der Waals surface area contributed by atoms with Crippen LogP contribution in [0.5, 0.6) is 0 Å². The largest absolute Gasteiger partial charge is 0.335 e. The molecule has 0 saturated heterocycles. The molecule has 372 valence electrons. The molecule has 1 aliphatic carbocycles. The molecule has 2 atom stereocenters. The van der Waals surface area contributed by atoms with Crippen molar-refractivity contribution in [2.24, 2.45) is 0 Å². The predicted molar refractivity (Wildman–Crippen MR) is 331 cm³/mol. The molecule has 0 N–H and O–H groups in total. The zero-order valence-corrected chi connectivity index (χ0v) is 43.3. The molecular formula is C74H56N4. The van der Waals surface area contributed by atoms with E-state index in [0.717, 1.165) is 47.0 Å². The Balaban J connectivity index is 0.878. The van der Waals surface area contributed by atoms with Gasteiger partial charge in [0.25, 0.3) is 0 Å². The summed E-state index contributed by atoms with van der Waals surface area (Å²) in [5, 5.41) is 10.0. The molecular weight excluding hydrogens is 945 g/mol. The first-order chi connectivity index (χ1) is 38.7. The minimum atomic E-state index is 0.222. The number of hydrogen-bond acceptors (Lipinski definition) is 2. The van der Waals surface area contributed by atoms with Crippen LogP contribution in [-0.2, 0) is 0 Å². The van der Waals surface area contributed by atoms with E-state index < -0.39 is 0 Å². The summed E-state index contributed by atoms with van der Waals surface area (Å²) in [6.07, 6.45) is 4.56. The van der Waals surface area contributed by atoms with Crippen LogP contribution >= 0.6 is 0 Å². The first-order valence-corrected chi connectivity index (χ1v) is 27.6. The van der Waals surface area contributed by atoms with Gasteiger partial charge < -0.3 is 18.9 Å². The van der Waals surface area contributed by atoms with Crippen molar-refractivity contribution in [3.8, 4) is 22.3 Å². The van der Waals surface area contributed by atoms with Crippen molar-refractivity contribution >= 4 is 99.3 Å². The van der Waals surface area contributed by atoms with Crippen LogP contribution in [0.1, 0.15) is 37.8 Å². The lowest BCUT2D eigenvalue weighted by atomic mass is 9.89. The molecule has 15 rings (SSSR count). The van der Waals surface area contributed by atoms with E-state index in [1.807, 2.05) is 0 Å². The van der Waals surface area contributed by atoms with Crippen LogP contribution < -0.4 is 9.80 Å². The fourth-order valence-corrected chi connectivity index (χ4v) is 13.3. The summed E-state index contributed by atoms with van der Waals surface area (Å²) < 4.78 is 5.45. The van der Waals surface area contributed by atoms with Crippen LogP contribution in [0.25, 0.3) is 87.4 Å². The highest BCUT2D eigenvalue weighted by Gasteiger charge is 2.33. The van der Waals surface area contributed by atoms with Gasteiger partial charge in [-0.05, 0) is 154 Å². The van der Waals surface area contributed by atoms with Crippen molar-refractivity contribution in [1.29, 1.82) is 0 Å². The fourth-order valence-electron chi connectivity index (χ4n) is 13.3. The molecule has 78 heavy (non-hydrogen) atoms. The SMILES string of the molecule is c1ccc(-c2cc(N(c3ccccc3)c3ccc4c(c3)c3ccccc3n4C3CCCCC3n3c4ccccc4c4cc(N(c5ccccc5)c5cc(-c6ccccc6)c6ccccc6c5)ccc43)cc3ccccc23)cc1. The average molecular weight is 1000 g/mol. The number of benzene rings is 12. The maximum Gasteiger partial charge on any atom is 0.0550 e. The molecule has 12 aromatic carbocycles. The molecule has 0 aliphatic heterocycles. The van der Waals surface area contributed by atoms with Gasteiger partial charge in [0, 0.05) is 77.7 Å². The van der Waals surface area contributed by atoms with E-state index in [-0.39, 0.29) is 12.1 Å². The van der Waals surface area contributed by atoms with Crippen molar-refractivity contribution in [1.82, 2.24) is 9.13 Å². The Hall–Kier alpha value is -9.64. The number of rotatable bonds is 10. The van der Waals surface area contributed by atoms with Gasteiger partial charge in [-0.3, -0.25) is 0 Å². The molecule has 2 aromatic heterocycles. The fraction of sp³-hybridized carbons (Fsp3) is 0.0811. The lowest BCUT2D eigenvalue weighted by Crippen LogP contribution is -2.26. The molecule has 14 aromatic rings. The molecule has 0 amide bonds. The number of hydrogen-bond donors (Lipinski definition) is 0. The van der Waals surface area contributed by atoms with E-state index in [1.165, 1.54) is 100 Å². The lowest BCUT2D eigenvalue weighted by Gasteiger charge is -2.36. The van der Waals surface area contributed by atoms with Crippen molar-refractivity contribution in [3.05, 3.63) is 279 Å². The zero-order chi connectivity index (χ0) is 51.5. The minimum absolute atomic E-state index is 0.222. The quantitative estimate of drug-likeness (QED) is 0.136. The third-order valence-corrected chi connectivity index (χ3v) is 16.7. The highest BCUT2D eigenvalue weighted by Crippen LogP contribution is 2.49. The number of nitrogens with zero attached hydrogens (tertiary/aromatic N) is 4. The van der Waals surface area contributed by atoms with Gasteiger partial charge in [-0.15, -0.1) is 0 Å². The predicted octanol–water partition coefficient (Wildman–Crippen LogP) is 20.8. The minimum Gasteiger partial charge on any atom is -0.335 e. The van der Waals surface area contributed by atoms with Crippen LogP contribution in [0, 0.1) is 0 Å². The van der Waals surface area contributed by atoms with Gasteiger partial charge in [-0.25, -0.2) is 0 Å². The van der Waals surface area contributed by atoms with E-state index in [9.17, 15) is 0 Å². The Morgan fingerprint density at radius 1 is 0.256 bits per heavy atom. The molecule has 4 heteroatoms. The molecule has 1 saturated carbocycles. The van der Waals surface area contributed by atoms with Gasteiger partial charge in [-0.1, -0.05) is 195 Å². The molecule has 1 fully saturated rings. The second-order valence-corrected chi connectivity index (χ2v) is 21.1. The van der Waals surface area contributed by atoms with Gasteiger partial charge in [0.15, 0.2) is 0 Å². The Kier molecular flexibility index (Phi) is 11.2. The van der Waals surface area contributed by atoms with Gasteiger partial charge in [-0.2, -0.15) is 0 Å². The van der Waals surface area contributed by atoms with Gasteiger partial charge in [0.1, 0.15) is 0 Å². The van der Waals surface area contributed by atoms with E-state index in [0.29, 0.717) is 0 Å². The van der Waals surface area contributed by atoms with Crippen molar-refractivity contribution < 1.29 is 0 Å². The summed E-state index contributed by atoms with van der Waals surface area (Å²) in [7, 11) is 0. The Bertz CT molecular complexity index is 4230. The first kappa shape index (κ1) is 45.7. The van der Waals surface area contributed by atoms with Crippen LogP contribution in [-0.4, -0.2) is 9.13 Å². The van der Waals surface area contributed by atoms with Crippen LogP contribution in [0.15, 0.2) is 279 Å². The topological polar surface area (TPSA) is 16.3 Å². The molecule has 1 aliphatic rings. The van der Waals surface area contributed by atoms with E-state index >= 15 is 0 Å². The Morgan fingerprint density at radius 3 is 1.03 bits per heavy atom. The normalized spacial score (nSPS) is 14.7. The van der Waals surface area contributed by atoms with Crippen LogP contribution in [0.3, 0.4) is 0 Å². The number of fused-ring (bicyclic) bond motifs is 8. The maximum atomic E-state index is 2.73. The molecule has 2 unspecified atom stereocenters. The lowest BCUT2D eigenvalue weighted by molar-refractivity contribution is 0.259. The summed E-state index contributed by atoms with van der Waals surface area (Å²) in [5.41, 5.74) is 16.8. The van der Waals surface area contributed by atoms with Gasteiger partial charge in [0.2, 0.25) is 0 Å². The van der Waals surface area contributed by atoms with Crippen LogP contribution in [0.4, 0.5) is 34.1 Å². The second-order valence-electron chi connectivity index (χ2n) is 21.1. The molecule has 0 radical (unpaired) electrons. The third-order valence-electron chi connectivity index (χ3n) is 16.7. The number of para-hydroxylation sites is 4. The zero-order valence-electron chi connectivity index (χ0n) is 43.3. The highest BCUT2D eigenvalue weighted by molar-refractivity contribution is 6.12.